The first kappa shape index (κ1) is 16.4. The van der Waals surface area contributed by atoms with E-state index in [4.69, 9.17) is 0 Å². The lowest BCUT2D eigenvalue weighted by Gasteiger charge is -2.25. The number of nitrogens with zero attached hydrogens (tertiary/aromatic N) is 1. The molecular formula is C21H20N2O3. The summed E-state index contributed by atoms with van der Waals surface area (Å²) in [6, 6.07) is 16.1. The Morgan fingerprint density at radius 2 is 1.81 bits per heavy atom. The predicted octanol–water partition coefficient (Wildman–Crippen LogP) is 3.33. The average Bonchev–Trinajstić information content (AvgIpc) is 3.27. The van der Waals surface area contributed by atoms with Gasteiger partial charge in [-0.25, -0.2) is 4.79 Å². The van der Waals surface area contributed by atoms with Crippen molar-refractivity contribution in [1.82, 2.24) is 9.88 Å². The normalized spacial score (nSPS) is 19.8. The number of aromatic nitrogens is 1. The number of fused-ring (bicyclic) bond motifs is 1. The maximum Gasteiger partial charge on any atom is 0.326 e. The molecule has 132 valence electrons. The lowest BCUT2D eigenvalue weighted by Crippen LogP contribution is -2.43. The summed E-state index contributed by atoms with van der Waals surface area (Å²) in [6.45, 7) is 0.470. The molecule has 0 radical (unpaired) electrons. The number of hydrogen-bond acceptors (Lipinski definition) is 2. The fourth-order valence-corrected chi connectivity index (χ4v) is 3.96. The quantitative estimate of drug-likeness (QED) is 0.759. The Morgan fingerprint density at radius 3 is 2.58 bits per heavy atom. The van der Waals surface area contributed by atoms with E-state index in [0.29, 0.717) is 24.9 Å². The number of carboxylic acids is 1. The van der Waals surface area contributed by atoms with Gasteiger partial charge in [0, 0.05) is 29.2 Å². The van der Waals surface area contributed by atoms with Gasteiger partial charge in [-0.1, -0.05) is 36.4 Å². The summed E-state index contributed by atoms with van der Waals surface area (Å²) in [5.41, 5.74) is 2.68. The number of likely N-dealkylation sites (tertiary alicyclic amines) is 1. The van der Waals surface area contributed by atoms with E-state index in [-0.39, 0.29) is 11.8 Å². The van der Waals surface area contributed by atoms with Gasteiger partial charge in [-0.05, 0) is 42.5 Å². The van der Waals surface area contributed by atoms with Gasteiger partial charge >= 0.3 is 5.97 Å². The number of carbonyl (C=O) groups excluding carboxylic acids is 1. The summed E-state index contributed by atoms with van der Waals surface area (Å²) in [6.07, 6.45) is 3.28. The number of amides is 1. The molecule has 0 spiro atoms. The number of carbonyl (C=O) groups is 2. The fourth-order valence-electron chi connectivity index (χ4n) is 3.96. The van der Waals surface area contributed by atoms with Crippen molar-refractivity contribution < 1.29 is 14.7 Å². The van der Waals surface area contributed by atoms with E-state index in [9.17, 15) is 14.7 Å². The number of H-pyrrole nitrogens is 1. The molecule has 2 atom stereocenters. The first-order valence-corrected chi connectivity index (χ1v) is 8.79. The first-order chi connectivity index (χ1) is 12.6. The Morgan fingerprint density at radius 1 is 1.08 bits per heavy atom. The van der Waals surface area contributed by atoms with E-state index in [1.54, 1.807) is 24.3 Å². The van der Waals surface area contributed by atoms with Gasteiger partial charge in [-0.15, -0.1) is 0 Å². The largest absolute Gasteiger partial charge is 0.480 e. The summed E-state index contributed by atoms with van der Waals surface area (Å²) >= 11 is 0. The van der Waals surface area contributed by atoms with E-state index in [1.807, 2.05) is 36.5 Å². The van der Waals surface area contributed by atoms with Crippen molar-refractivity contribution >= 4 is 22.8 Å². The highest BCUT2D eigenvalue weighted by molar-refractivity contribution is 5.97. The lowest BCUT2D eigenvalue weighted by molar-refractivity contribution is -0.142. The Kier molecular flexibility index (Phi) is 4.21. The zero-order valence-electron chi connectivity index (χ0n) is 14.3. The summed E-state index contributed by atoms with van der Waals surface area (Å²) in [5.74, 6) is -1.24. The minimum atomic E-state index is -0.934. The fraction of sp³-hybridized carbons (Fsp3) is 0.238. The SMILES string of the molecule is O=C(O)[C@H]1[C@@H](Cc2c[nH]c3ccccc23)CCN1C(=O)c1ccccc1. The second-order valence-electron chi connectivity index (χ2n) is 6.76. The number of aliphatic carboxylic acids is 1. The van der Waals surface area contributed by atoms with Crippen LogP contribution in [0.4, 0.5) is 0 Å². The molecule has 0 unspecified atom stereocenters. The first-order valence-electron chi connectivity index (χ1n) is 8.79. The highest BCUT2D eigenvalue weighted by Crippen LogP contribution is 2.31. The monoisotopic (exact) mass is 348 g/mol. The van der Waals surface area contributed by atoms with Gasteiger partial charge in [0.15, 0.2) is 0 Å². The van der Waals surface area contributed by atoms with Crippen LogP contribution in [0.15, 0.2) is 60.8 Å². The van der Waals surface area contributed by atoms with E-state index in [1.165, 1.54) is 4.90 Å². The average molecular weight is 348 g/mol. The molecule has 2 heterocycles. The number of benzene rings is 2. The number of rotatable bonds is 4. The van der Waals surface area contributed by atoms with Crippen LogP contribution in [0.3, 0.4) is 0 Å². The second-order valence-corrected chi connectivity index (χ2v) is 6.76. The van der Waals surface area contributed by atoms with Crippen LogP contribution < -0.4 is 0 Å². The number of aromatic amines is 1. The molecule has 5 nitrogen and oxygen atoms in total. The standard InChI is InChI=1S/C21H20N2O3/c24-20(14-6-2-1-3-7-14)23-11-10-15(19(23)21(25)26)12-16-13-22-18-9-5-4-8-17(16)18/h1-9,13,15,19,22H,10-12H2,(H,25,26)/t15-,19-/m1/s1. The molecule has 4 rings (SSSR count). The van der Waals surface area contributed by atoms with Gasteiger partial charge in [-0.3, -0.25) is 4.79 Å². The predicted molar refractivity (Wildman–Crippen MR) is 99.0 cm³/mol. The molecule has 1 saturated heterocycles. The van der Waals surface area contributed by atoms with Crippen LogP contribution in [-0.2, 0) is 11.2 Å². The Bertz CT molecular complexity index is 948. The molecule has 5 heteroatoms. The molecule has 1 aromatic heterocycles. The molecule has 0 saturated carbocycles. The molecule has 1 fully saturated rings. The molecule has 3 aromatic rings. The van der Waals surface area contributed by atoms with Gasteiger partial charge in [0.2, 0.25) is 0 Å². The number of nitrogens with one attached hydrogen (secondary N) is 1. The van der Waals surface area contributed by atoms with Crippen LogP contribution >= 0.6 is 0 Å². The molecule has 1 aliphatic rings. The third kappa shape index (κ3) is 2.86. The number of carboxylic acid groups (broad SMARTS) is 1. The minimum absolute atomic E-state index is 0.0978. The molecular weight excluding hydrogens is 328 g/mol. The molecule has 0 bridgehead atoms. The Balaban J connectivity index is 1.59. The van der Waals surface area contributed by atoms with Gasteiger partial charge < -0.3 is 15.0 Å². The van der Waals surface area contributed by atoms with Crippen LogP contribution in [0.2, 0.25) is 0 Å². The van der Waals surface area contributed by atoms with Gasteiger partial charge in [-0.2, -0.15) is 0 Å². The molecule has 0 aliphatic carbocycles. The van der Waals surface area contributed by atoms with E-state index in [0.717, 1.165) is 16.5 Å². The van der Waals surface area contributed by atoms with Crippen molar-refractivity contribution in [2.75, 3.05) is 6.54 Å². The Labute approximate surface area is 151 Å². The zero-order valence-corrected chi connectivity index (χ0v) is 14.3. The van der Waals surface area contributed by atoms with E-state index >= 15 is 0 Å². The summed E-state index contributed by atoms with van der Waals surface area (Å²) in [7, 11) is 0. The van der Waals surface area contributed by atoms with Crippen molar-refractivity contribution in [2.24, 2.45) is 5.92 Å². The summed E-state index contributed by atoms with van der Waals surface area (Å²) in [5, 5.41) is 10.9. The molecule has 1 amide bonds. The van der Waals surface area contributed by atoms with Crippen molar-refractivity contribution in [3.05, 3.63) is 71.9 Å². The van der Waals surface area contributed by atoms with E-state index in [2.05, 4.69) is 4.98 Å². The molecule has 2 aromatic carbocycles. The minimum Gasteiger partial charge on any atom is -0.480 e. The maximum absolute atomic E-state index is 12.8. The number of hydrogen-bond donors (Lipinski definition) is 2. The van der Waals surface area contributed by atoms with Crippen LogP contribution in [0.25, 0.3) is 10.9 Å². The van der Waals surface area contributed by atoms with Gasteiger partial charge in [0.25, 0.3) is 5.91 Å². The van der Waals surface area contributed by atoms with E-state index < -0.39 is 12.0 Å². The topological polar surface area (TPSA) is 73.4 Å². The summed E-state index contributed by atoms with van der Waals surface area (Å²) < 4.78 is 0. The van der Waals surface area contributed by atoms with Crippen molar-refractivity contribution in [3.8, 4) is 0 Å². The third-order valence-electron chi connectivity index (χ3n) is 5.21. The van der Waals surface area contributed by atoms with Crippen LogP contribution in [-0.4, -0.2) is 39.5 Å². The smallest absolute Gasteiger partial charge is 0.326 e. The molecule has 26 heavy (non-hydrogen) atoms. The van der Waals surface area contributed by atoms with Gasteiger partial charge in [0.1, 0.15) is 6.04 Å². The van der Waals surface area contributed by atoms with Crippen molar-refractivity contribution in [3.63, 3.8) is 0 Å². The van der Waals surface area contributed by atoms with Crippen LogP contribution in [0.5, 0.6) is 0 Å². The highest BCUT2D eigenvalue weighted by Gasteiger charge is 2.42. The Hall–Kier alpha value is -3.08. The molecule has 2 N–H and O–H groups in total. The van der Waals surface area contributed by atoms with Crippen LogP contribution in [0.1, 0.15) is 22.3 Å². The lowest BCUT2D eigenvalue weighted by atomic mass is 9.92. The van der Waals surface area contributed by atoms with Crippen LogP contribution in [0, 0.1) is 5.92 Å². The molecule has 1 aliphatic heterocycles. The highest BCUT2D eigenvalue weighted by atomic mass is 16.4. The summed E-state index contributed by atoms with van der Waals surface area (Å²) in [4.78, 5) is 29.5. The van der Waals surface area contributed by atoms with Crippen molar-refractivity contribution in [2.45, 2.75) is 18.9 Å². The number of para-hydroxylation sites is 1. The zero-order chi connectivity index (χ0) is 18.1. The maximum atomic E-state index is 12.8. The second kappa shape index (κ2) is 6.67. The van der Waals surface area contributed by atoms with Gasteiger partial charge in [0.05, 0.1) is 0 Å². The van der Waals surface area contributed by atoms with Crippen molar-refractivity contribution in [1.29, 1.82) is 0 Å². The third-order valence-corrected chi connectivity index (χ3v) is 5.21.